The van der Waals surface area contributed by atoms with Crippen molar-refractivity contribution in [3.8, 4) is 17.7 Å². The molecular weight excluding hydrogens is 438 g/mol. The highest BCUT2D eigenvalue weighted by Gasteiger charge is 2.23. The van der Waals surface area contributed by atoms with Gasteiger partial charge in [0.1, 0.15) is 5.01 Å². The SMILES string of the molecule is CC(O)(C#Cc1ccc2c(CN3CCOCC3)nn(-c3ccnc(N)n3)c2c1)c1nccs1. The predicted molar refractivity (Wildman–Crippen MR) is 126 cm³/mol. The zero-order valence-corrected chi connectivity index (χ0v) is 18.9. The Balaban J connectivity index is 1.56. The van der Waals surface area contributed by atoms with Crippen LogP contribution in [-0.2, 0) is 16.9 Å². The molecule has 168 valence electrons. The largest absolute Gasteiger partial charge is 0.379 e. The van der Waals surface area contributed by atoms with Crippen molar-refractivity contribution in [1.29, 1.82) is 0 Å². The predicted octanol–water partition coefficient (Wildman–Crippen LogP) is 1.95. The molecule has 1 aromatic carbocycles. The van der Waals surface area contributed by atoms with E-state index in [4.69, 9.17) is 15.6 Å². The summed E-state index contributed by atoms with van der Waals surface area (Å²) in [5.74, 6) is 6.79. The van der Waals surface area contributed by atoms with E-state index in [-0.39, 0.29) is 5.95 Å². The molecule has 33 heavy (non-hydrogen) atoms. The lowest BCUT2D eigenvalue weighted by molar-refractivity contribution is 0.0338. The normalized spacial score (nSPS) is 16.3. The molecule has 1 fully saturated rings. The van der Waals surface area contributed by atoms with E-state index in [0.29, 0.717) is 17.4 Å². The first-order chi connectivity index (χ1) is 16.0. The number of thiazole rings is 1. The number of nitrogens with zero attached hydrogens (tertiary/aromatic N) is 6. The van der Waals surface area contributed by atoms with E-state index in [2.05, 4.69) is 31.7 Å². The number of aliphatic hydroxyl groups is 1. The second kappa shape index (κ2) is 8.88. The number of anilines is 1. The molecule has 5 rings (SSSR count). The van der Waals surface area contributed by atoms with E-state index in [9.17, 15) is 5.11 Å². The molecule has 0 amide bonds. The molecule has 3 N–H and O–H groups in total. The molecule has 1 saturated heterocycles. The van der Waals surface area contributed by atoms with Crippen LogP contribution in [0.15, 0.2) is 42.0 Å². The fourth-order valence-corrected chi connectivity index (χ4v) is 4.37. The molecule has 4 heterocycles. The van der Waals surface area contributed by atoms with E-state index >= 15 is 0 Å². The maximum Gasteiger partial charge on any atom is 0.221 e. The molecular formula is C23H23N7O2S. The molecule has 1 aliphatic heterocycles. The van der Waals surface area contributed by atoms with Gasteiger partial charge in [0, 0.05) is 54.4 Å². The Morgan fingerprint density at radius 2 is 2.06 bits per heavy atom. The highest BCUT2D eigenvalue weighted by atomic mass is 32.1. The molecule has 0 bridgehead atoms. The van der Waals surface area contributed by atoms with Crippen LogP contribution >= 0.6 is 11.3 Å². The Labute approximate surface area is 194 Å². The highest BCUT2D eigenvalue weighted by Crippen LogP contribution is 2.25. The first-order valence-corrected chi connectivity index (χ1v) is 11.4. The lowest BCUT2D eigenvalue weighted by Gasteiger charge is -2.25. The number of rotatable bonds is 4. The maximum atomic E-state index is 10.7. The van der Waals surface area contributed by atoms with Gasteiger partial charge in [0.05, 0.1) is 24.4 Å². The van der Waals surface area contributed by atoms with Crippen LogP contribution in [0.1, 0.15) is 23.2 Å². The molecule has 4 aromatic rings. The first kappa shape index (κ1) is 21.5. The summed E-state index contributed by atoms with van der Waals surface area (Å²) >= 11 is 1.37. The van der Waals surface area contributed by atoms with Crippen molar-refractivity contribution in [2.24, 2.45) is 0 Å². The van der Waals surface area contributed by atoms with Gasteiger partial charge in [0.15, 0.2) is 11.4 Å². The molecule has 0 radical (unpaired) electrons. The number of benzene rings is 1. The van der Waals surface area contributed by atoms with Gasteiger partial charge < -0.3 is 15.6 Å². The van der Waals surface area contributed by atoms with Crippen molar-refractivity contribution in [2.45, 2.75) is 19.1 Å². The lowest BCUT2D eigenvalue weighted by Crippen LogP contribution is -2.35. The lowest BCUT2D eigenvalue weighted by atomic mass is 10.1. The van der Waals surface area contributed by atoms with Crippen molar-refractivity contribution >= 4 is 28.2 Å². The minimum absolute atomic E-state index is 0.182. The molecule has 0 saturated carbocycles. The number of hydrogen-bond acceptors (Lipinski definition) is 9. The summed E-state index contributed by atoms with van der Waals surface area (Å²) in [5.41, 5.74) is 7.05. The Kier molecular flexibility index (Phi) is 5.78. The van der Waals surface area contributed by atoms with Gasteiger partial charge in [-0.15, -0.1) is 11.3 Å². The average molecular weight is 462 g/mol. The number of morpholine rings is 1. The van der Waals surface area contributed by atoms with Crippen LogP contribution in [-0.4, -0.2) is 61.0 Å². The van der Waals surface area contributed by atoms with E-state index < -0.39 is 5.60 Å². The summed E-state index contributed by atoms with van der Waals surface area (Å²) in [6.45, 7) is 5.52. The summed E-state index contributed by atoms with van der Waals surface area (Å²) in [6, 6.07) is 7.68. The van der Waals surface area contributed by atoms with Crippen molar-refractivity contribution in [3.05, 3.63) is 58.3 Å². The average Bonchev–Trinajstić information content (AvgIpc) is 3.48. The Morgan fingerprint density at radius 1 is 1.21 bits per heavy atom. The molecule has 3 aromatic heterocycles. The molecule has 0 aliphatic carbocycles. The van der Waals surface area contributed by atoms with E-state index in [0.717, 1.165) is 48.5 Å². The molecule has 1 aliphatic rings. The van der Waals surface area contributed by atoms with Gasteiger partial charge in [-0.2, -0.15) is 10.1 Å². The highest BCUT2D eigenvalue weighted by molar-refractivity contribution is 7.09. The zero-order valence-electron chi connectivity index (χ0n) is 18.1. The number of nitrogen functional groups attached to an aromatic ring is 1. The standard InChI is InChI=1S/C23H23N7O2S/c1-23(31,21-25-8-13-33-21)6-4-16-2-3-17-18(15-29-9-11-32-12-10-29)28-30(19(17)14-16)20-5-7-26-22(24)27-20/h2-3,5,7-8,13-14,31H,9-12,15H2,1H3,(H2,24,26,27). The Morgan fingerprint density at radius 3 is 2.82 bits per heavy atom. The summed E-state index contributed by atoms with van der Waals surface area (Å²) < 4.78 is 7.24. The Bertz CT molecular complexity index is 1330. The Hall–Kier alpha value is -3.36. The molecule has 10 heteroatoms. The van der Waals surface area contributed by atoms with Gasteiger partial charge in [-0.25, -0.2) is 14.6 Å². The number of nitrogens with two attached hydrogens (primary N) is 1. The zero-order chi connectivity index (χ0) is 22.8. The fraction of sp³-hybridized carbons (Fsp3) is 0.304. The van der Waals surface area contributed by atoms with Crippen molar-refractivity contribution < 1.29 is 9.84 Å². The summed E-state index contributed by atoms with van der Waals surface area (Å²) in [5, 5.41) is 19.0. The second-order valence-corrected chi connectivity index (χ2v) is 8.81. The molecule has 0 spiro atoms. The van der Waals surface area contributed by atoms with E-state index in [1.807, 2.05) is 23.6 Å². The van der Waals surface area contributed by atoms with Crippen molar-refractivity contribution in [2.75, 3.05) is 32.0 Å². The van der Waals surface area contributed by atoms with Crippen LogP contribution in [0.3, 0.4) is 0 Å². The molecule has 1 unspecified atom stereocenters. The van der Waals surface area contributed by atoms with Crippen LogP contribution in [0.4, 0.5) is 5.95 Å². The summed E-state index contributed by atoms with van der Waals surface area (Å²) in [6.07, 6.45) is 3.27. The number of aromatic nitrogens is 5. The quantitative estimate of drug-likeness (QED) is 0.443. The fourth-order valence-electron chi connectivity index (χ4n) is 3.71. The van der Waals surface area contributed by atoms with Gasteiger partial charge in [0.2, 0.25) is 5.95 Å². The van der Waals surface area contributed by atoms with Crippen molar-refractivity contribution in [3.63, 3.8) is 0 Å². The molecule has 9 nitrogen and oxygen atoms in total. The first-order valence-electron chi connectivity index (χ1n) is 10.6. The monoisotopic (exact) mass is 461 g/mol. The van der Waals surface area contributed by atoms with E-state index in [1.54, 1.807) is 30.1 Å². The van der Waals surface area contributed by atoms with Crippen LogP contribution in [0.25, 0.3) is 16.7 Å². The van der Waals surface area contributed by atoms with Crippen LogP contribution in [0.2, 0.25) is 0 Å². The van der Waals surface area contributed by atoms with Gasteiger partial charge in [-0.1, -0.05) is 11.8 Å². The van der Waals surface area contributed by atoms with Gasteiger partial charge in [0.25, 0.3) is 0 Å². The summed E-state index contributed by atoms with van der Waals surface area (Å²) in [4.78, 5) is 14.9. The minimum Gasteiger partial charge on any atom is -0.379 e. The van der Waals surface area contributed by atoms with Crippen molar-refractivity contribution in [1.82, 2.24) is 29.6 Å². The van der Waals surface area contributed by atoms with Crippen LogP contribution in [0, 0.1) is 11.8 Å². The number of fused-ring (bicyclic) bond motifs is 1. The van der Waals surface area contributed by atoms with Gasteiger partial charge >= 0.3 is 0 Å². The minimum atomic E-state index is -1.33. The van der Waals surface area contributed by atoms with E-state index in [1.165, 1.54) is 11.3 Å². The third-order valence-corrected chi connectivity index (χ3v) is 6.39. The van der Waals surface area contributed by atoms with Gasteiger partial charge in [-0.3, -0.25) is 4.90 Å². The third-order valence-electron chi connectivity index (χ3n) is 5.41. The van der Waals surface area contributed by atoms with Crippen LogP contribution < -0.4 is 5.73 Å². The number of hydrogen-bond donors (Lipinski definition) is 2. The van der Waals surface area contributed by atoms with Gasteiger partial charge in [-0.05, 0) is 25.1 Å². The molecule has 1 atom stereocenters. The number of ether oxygens (including phenoxy) is 1. The smallest absolute Gasteiger partial charge is 0.221 e. The third kappa shape index (κ3) is 4.58. The topological polar surface area (TPSA) is 115 Å². The second-order valence-electron chi connectivity index (χ2n) is 7.91. The van der Waals surface area contributed by atoms with Crippen LogP contribution in [0.5, 0.6) is 0 Å². The summed E-state index contributed by atoms with van der Waals surface area (Å²) in [7, 11) is 0. The maximum absolute atomic E-state index is 10.7.